The zero-order chi connectivity index (χ0) is 18.3. The van der Waals surface area contributed by atoms with Gasteiger partial charge in [0.15, 0.2) is 0 Å². The number of nitrogens with zero attached hydrogens (tertiary/aromatic N) is 1. The zero-order valence-corrected chi connectivity index (χ0v) is 14.1. The number of fused-ring (bicyclic) bond motifs is 1. The Bertz CT molecular complexity index is 1120. The number of thiophene rings is 1. The second-order valence-electron chi connectivity index (χ2n) is 5.20. The summed E-state index contributed by atoms with van der Waals surface area (Å²) in [4.78, 5) is 50.8. The average molecular weight is 363 g/mol. The first-order valence-corrected chi connectivity index (χ1v) is 7.88. The standard InChI is InChI=1S/C15H13N3O6S/c1-6-9-12(25-10(6)11(16)19)17-15(22)18(13(9)20)5-7-3-4-8(24-7)14(21)23-2/h3-4H,5H2,1-2H3,(H2,16,19)(H,17,22). The summed E-state index contributed by atoms with van der Waals surface area (Å²) >= 11 is 0.958. The summed E-state index contributed by atoms with van der Waals surface area (Å²) in [7, 11) is 1.21. The fourth-order valence-electron chi connectivity index (χ4n) is 2.46. The van der Waals surface area contributed by atoms with Crippen molar-refractivity contribution in [3.05, 3.63) is 54.9 Å². The largest absolute Gasteiger partial charge is 0.463 e. The first kappa shape index (κ1) is 16.7. The lowest BCUT2D eigenvalue weighted by Gasteiger charge is -2.03. The van der Waals surface area contributed by atoms with Gasteiger partial charge in [-0.3, -0.25) is 19.1 Å². The van der Waals surface area contributed by atoms with E-state index in [9.17, 15) is 19.2 Å². The summed E-state index contributed by atoms with van der Waals surface area (Å²) < 4.78 is 10.7. The molecule has 0 bridgehead atoms. The number of rotatable bonds is 4. The van der Waals surface area contributed by atoms with E-state index in [-0.39, 0.29) is 33.2 Å². The van der Waals surface area contributed by atoms with E-state index < -0.39 is 23.1 Å². The van der Waals surface area contributed by atoms with Crippen LogP contribution in [0.5, 0.6) is 0 Å². The molecule has 0 aromatic carbocycles. The third-order valence-corrected chi connectivity index (χ3v) is 4.88. The number of nitrogens with one attached hydrogen (secondary N) is 1. The predicted octanol–water partition coefficient (Wildman–Crippen LogP) is 0.587. The van der Waals surface area contributed by atoms with Gasteiger partial charge in [0, 0.05) is 0 Å². The summed E-state index contributed by atoms with van der Waals surface area (Å²) in [6.07, 6.45) is 0. The van der Waals surface area contributed by atoms with Crippen LogP contribution in [0.25, 0.3) is 10.2 Å². The molecule has 1 amide bonds. The average Bonchev–Trinajstić information content (AvgIpc) is 3.15. The number of hydrogen-bond acceptors (Lipinski definition) is 7. The fraction of sp³-hybridized carbons (Fsp3) is 0.200. The quantitative estimate of drug-likeness (QED) is 0.651. The number of aryl methyl sites for hydroxylation is 1. The Morgan fingerprint density at radius 2 is 2.08 bits per heavy atom. The molecule has 3 aromatic rings. The molecule has 3 rings (SSSR count). The second-order valence-corrected chi connectivity index (χ2v) is 6.22. The van der Waals surface area contributed by atoms with Crippen LogP contribution in [-0.4, -0.2) is 28.5 Å². The Balaban J connectivity index is 2.11. The van der Waals surface area contributed by atoms with E-state index in [1.54, 1.807) is 6.92 Å². The van der Waals surface area contributed by atoms with Gasteiger partial charge in [0.25, 0.3) is 11.5 Å². The molecule has 3 heterocycles. The van der Waals surface area contributed by atoms with Crippen molar-refractivity contribution in [2.45, 2.75) is 13.5 Å². The molecule has 0 unspecified atom stereocenters. The van der Waals surface area contributed by atoms with E-state index in [1.807, 2.05) is 0 Å². The van der Waals surface area contributed by atoms with Crippen molar-refractivity contribution in [3.8, 4) is 0 Å². The molecule has 0 spiro atoms. The summed E-state index contributed by atoms with van der Waals surface area (Å²) in [5.74, 6) is -1.14. The van der Waals surface area contributed by atoms with Crippen molar-refractivity contribution in [1.82, 2.24) is 9.55 Å². The van der Waals surface area contributed by atoms with Gasteiger partial charge in [-0.1, -0.05) is 0 Å². The van der Waals surface area contributed by atoms with Crippen molar-refractivity contribution < 1.29 is 18.7 Å². The smallest absolute Gasteiger partial charge is 0.373 e. The third-order valence-electron chi connectivity index (χ3n) is 3.66. The van der Waals surface area contributed by atoms with Crippen LogP contribution in [0, 0.1) is 6.92 Å². The van der Waals surface area contributed by atoms with Gasteiger partial charge in [0.05, 0.1) is 23.9 Å². The fourth-order valence-corrected chi connectivity index (χ4v) is 3.50. The number of carbonyl (C=O) groups excluding carboxylic acids is 2. The van der Waals surface area contributed by atoms with Gasteiger partial charge >= 0.3 is 11.7 Å². The minimum Gasteiger partial charge on any atom is -0.463 e. The number of H-pyrrole nitrogens is 1. The Kier molecular flexibility index (Phi) is 4.05. The normalized spacial score (nSPS) is 11.0. The number of esters is 1. The molecule has 3 N–H and O–H groups in total. The van der Waals surface area contributed by atoms with Crippen LogP contribution in [0.2, 0.25) is 0 Å². The lowest BCUT2D eigenvalue weighted by molar-refractivity contribution is 0.0562. The first-order chi connectivity index (χ1) is 11.8. The maximum atomic E-state index is 12.7. The monoisotopic (exact) mass is 363 g/mol. The molecule has 0 fully saturated rings. The van der Waals surface area contributed by atoms with Gasteiger partial charge in [-0.15, -0.1) is 11.3 Å². The number of furan rings is 1. The van der Waals surface area contributed by atoms with E-state index in [0.29, 0.717) is 5.56 Å². The lowest BCUT2D eigenvalue weighted by atomic mass is 10.2. The molecule has 0 saturated heterocycles. The molecule has 9 nitrogen and oxygen atoms in total. The van der Waals surface area contributed by atoms with Crippen molar-refractivity contribution in [2.24, 2.45) is 5.73 Å². The topological polar surface area (TPSA) is 137 Å². The van der Waals surface area contributed by atoms with Crippen LogP contribution in [0.1, 0.15) is 31.6 Å². The van der Waals surface area contributed by atoms with Crippen LogP contribution in [-0.2, 0) is 11.3 Å². The van der Waals surface area contributed by atoms with Crippen LogP contribution in [0.15, 0.2) is 26.1 Å². The molecule has 25 heavy (non-hydrogen) atoms. The van der Waals surface area contributed by atoms with Crippen LogP contribution in [0.4, 0.5) is 0 Å². The Morgan fingerprint density at radius 1 is 1.36 bits per heavy atom. The number of carbonyl (C=O) groups is 2. The molecule has 0 atom stereocenters. The molecule has 3 aromatic heterocycles. The van der Waals surface area contributed by atoms with E-state index in [0.717, 1.165) is 15.9 Å². The summed E-state index contributed by atoms with van der Waals surface area (Å²) in [5, 5.41) is 0.221. The molecule has 130 valence electrons. The van der Waals surface area contributed by atoms with Crippen molar-refractivity contribution in [1.29, 1.82) is 0 Å². The summed E-state index contributed by atoms with van der Waals surface area (Å²) in [6.45, 7) is 1.41. The van der Waals surface area contributed by atoms with Gasteiger partial charge in [0.2, 0.25) is 5.76 Å². The van der Waals surface area contributed by atoms with Gasteiger partial charge in [-0.05, 0) is 24.6 Å². The number of primary amides is 1. The van der Waals surface area contributed by atoms with Crippen LogP contribution >= 0.6 is 11.3 Å². The van der Waals surface area contributed by atoms with Crippen molar-refractivity contribution >= 4 is 33.4 Å². The molecule has 0 aliphatic rings. The number of ether oxygens (including phenoxy) is 1. The molecular formula is C15H13N3O6S. The summed E-state index contributed by atoms with van der Waals surface area (Å²) in [6, 6.07) is 2.86. The lowest BCUT2D eigenvalue weighted by Crippen LogP contribution is -2.35. The number of aromatic amines is 1. The number of aromatic nitrogens is 2. The molecule has 10 heteroatoms. The van der Waals surface area contributed by atoms with Crippen molar-refractivity contribution in [3.63, 3.8) is 0 Å². The Labute approximate surface area is 143 Å². The molecule has 0 radical (unpaired) electrons. The van der Waals surface area contributed by atoms with Crippen LogP contribution < -0.4 is 17.0 Å². The highest BCUT2D eigenvalue weighted by Gasteiger charge is 2.19. The number of hydrogen-bond donors (Lipinski definition) is 2. The Morgan fingerprint density at radius 3 is 2.72 bits per heavy atom. The highest BCUT2D eigenvalue weighted by molar-refractivity contribution is 7.20. The zero-order valence-electron chi connectivity index (χ0n) is 13.2. The first-order valence-electron chi connectivity index (χ1n) is 7.06. The number of amides is 1. The summed E-state index contributed by atoms with van der Waals surface area (Å²) in [5.41, 5.74) is 4.46. The highest BCUT2D eigenvalue weighted by atomic mass is 32.1. The number of methoxy groups -OCH3 is 1. The predicted molar refractivity (Wildman–Crippen MR) is 89.1 cm³/mol. The van der Waals surface area contributed by atoms with Gasteiger partial charge in [-0.2, -0.15) is 0 Å². The number of nitrogens with two attached hydrogens (primary N) is 1. The second kappa shape index (κ2) is 6.06. The van der Waals surface area contributed by atoms with Gasteiger partial charge in [-0.25, -0.2) is 9.59 Å². The van der Waals surface area contributed by atoms with Crippen molar-refractivity contribution in [2.75, 3.05) is 7.11 Å². The SMILES string of the molecule is COC(=O)c1ccc(Cn2c(=O)[nH]c3sc(C(N)=O)c(C)c3c2=O)o1. The Hall–Kier alpha value is -3.14. The van der Waals surface area contributed by atoms with E-state index >= 15 is 0 Å². The minimum atomic E-state index is -0.667. The van der Waals surface area contributed by atoms with Gasteiger partial charge < -0.3 is 14.9 Å². The molecule has 0 aliphatic heterocycles. The third kappa shape index (κ3) is 2.76. The highest BCUT2D eigenvalue weighted by Crippen LogP contribution is 2.25. The van der Waals surface area contributed by atoms with Gasteiger partial charge in [0.1, 0.15) is 10.6 Å². The molecular weight excluding hydrogens is 350 g/mol. The van der Waals surface area contributed by atoms with Crippen LogP contribution in [0.3, 0.4) is 0 Å². The minimum absolute atomic E-state index is 0.0363. The van der Waals surface area contributed by atoms with E-state index in [2.05, 4.69) is 9.72 Å². The van der Waals surface area contributed by atoms with E-state index in [4.69, 9.17) is 10.2 Å². The maximum Gasteiger partial charge on any atom is 0.373 e. The van der Waals surface area contributed by atoms with E-state index in [1.165, 1.54) is 19.2 Å². The molecule has 0 aliphatic carbocycles. The molecule has 0 saturated carbocycles. The maximum absolute atomic E-state index is 12.7.